The van der Waals surface area contributed by atoms with E-state index in [2.05, 4.69) is 6.92 Å². The minimum Gasteiger partial charge on any atom is -0.363 e. The zero-order valence-electron chi connectivity index (χ0n) is 6.64. The second kappa shape index (κ2) is 4.85. The molecule has 1 heterocycles. The van der Waals surface area contributed by atoms with Crippen molar-refractivity contribution in [1.82, 2.24) is 0 Å². The molecule has 0 aromatic heterocycles. The molecule has 0 aliphatic carbocycles. The first-order valence-corrected chi connectivity index (χ1v) is 6.36. The molecule has 1 unspecified atom stereocenters. The van der Waals surface area contributed by atoms with Crippen molar-refractivity contribution < 1.29 is 4.74 Å². The maximum absolute atomic E-state index is 5.59. The summed E-state index contributed by atoms with van der Waals surface area (Å²) in [4.78, 5) is 0.0662. The molecule has 66 valence electrons. The highest BCUT2D eigenvalue weighted by Gasteiger charge is 2.29. The van der Waals surface area contributed by atoms with Gasteiger partial charge in [-0.15, -0.1) is 23.4 Å². The summed E-state index contributed by atoms with van der Waals surface area (Å²) in [7, 11) is 0. The quantitative estimate of drug-likeness (QED) is 0.524. The van der Waals surface area contributed by atoms with Crippen LogP contribution in [0.15, 0.2) is 0 Å². The minimum absolute atomic E-state index is 0.0662. The Bertz CT molecular complexity index is 115. The van der Waals surface area contributed by atoms with E-state index in [9.17, 15) is 0 Å². The van der Waals surface area contributed by atoms with Crippen LogP contribution >= 0.6 is 35.1 Å². The third-order valence-electron chi connectivity index (χ3n) is 1.48. The molecule has 0 radical (unpaired) electrons. The first-order chi connectivity index (χ1) is 5.27. The monoisotopic (exact) mass is 212 g/mol. The zero-order chi connectivity index (χ0) is 8.16. The highest BCUT2D eigenvalue weighted by Crippen LogP contribution is 2.35. The van der Waals surface area contributed by atoms with Crippen LogP contribution in [0, 0.1) is 0 Å². The van der Waals surface area contributed by atoms with Gasteiger partial charge in [0.25, 0.3) is 0 Å². The first-order valence-electron chi connectivity index (χ1n) is 3.68. The number of rotatable bonds is 4. The molecule has 0 N–H and O–H groups in total. The molecule has 0 aromatic rings. The van der Waals surface area contributed by atoms with Gasteiger partial charge in [0, 0.05) is 23.1 Å². The smallest absolute Gasteiger partial charge is 0.120 e. The Morgan fingerprint density at radius 2 is 2.55 bits per heavy atom. The van der Waals surface area contributed by atoms with E-state index >= 15 is 0 Å². The van der Waals surface area contributed by atoms with Gasteiger partial charge < -0.3 is 4.74 Å². The third-order valence-corrected chi connectivity index (χ3v) is 4.57. The summed E-state index contributed by atoms with van der Waals surface area (Å²) in [6.45, 7) is 3.06. The highest BCUT2D eigenvalue weighted by atomic mass is 35.5. The van der Waals surface area contributed by atoms with Crippen molar-refractivity contribution in [3.8, 4) is 0 Å². The first kappa shape index (κ1) is 10.0. The van der Waals surface area contributed by atoms with Crippen molar-refractivity contribution in [1.29, 1.82) is 0 Å². The van der Waals surface area contributed by atoms with Crippen LogP contribution in [0.2, 0.25) is 0 Å². The Balaban J connectivity index is 2.13. The topological polar surface area (TPSA) is 9.23 Å². The Morgan fingerprint density at radius 1 is 1.73 bits per heavy atom. The maximum Gasteiger partial charge on any atom is 0.120 e. The van der Waals surface area contributed by atoms with Gasteiger partial charge in [0.1, 0.15) is 4.93 Å². The van der Waals surface area contributed by atoms with E-state index < -0.39 is 0 Å². The average molecular weight is 213 g/mol. The molecule has 0 saturated carbocycles. The van der Waals surface area contributed by atoms with Crippen molar-refractivity contribution >= 4 is 35.1 Å². The number of thioether (sulfide) groups is 2. The highest BCUT2D eigenvalue weighted by molar-refractivity contribution is 8.03. The number of hydrogen-bond acceptors (Lipinski definition) is 3. The lowest BCUT2D eigenvalue weighted by Gasteiger charge is -2.20. The van der Waals surface area contributed by atoms with Crippen LogP contribution in [0.3, 0.4) is 0 Å². The zero-order valence-corrected chi connectivity index (χ0v) is 9.03. The van der Waals surface area contributed by atoms with E-state index in [-0.39, 0.29) is 4.93 Å². The van der Waals surface area contributed by atoms with E-state index in [0.29, 0.717) is 0 Å². The molecule has 1 saturated heterocycles. The molecule has 1 aliphatic rings. The predicted octanol–water partition coefficient (Wildman–Crippen LogP) is 2.44. The molecule has 0 bridgehead atoms. The van der Waals surface area contributed by atoms with Gasteiger partial charge in [0.15, 0.2) is 0 Å². The summed E-state index contributed by atoms with van der Waals surface area (Å²) in [6.07, 6.45) is 0. The van der Waals surface area contributed by atoms with Crippen LogP contribution in [0.25, 0.3) is 0 Å². The SMILES string of the molecule is CC1(CSCCCl)OCCS1. The summed E-state index contributed by atoms with van der Waals surface area (Å²) in [5, 5.41) is 0. The third kappa shape index (κ3) is 3.45. The number of alkyl halides is 1. The number of hydrogen-bond donors (Lipinski definition) is 0. The van der Waals surface area contributed by atoms with Gasteiger partial charge in [0.05, 0.1) is 6.61 Å². The van der Waals surface area contributed by atoms with Gasteiger partial charge in [-0.2, -0.15) is 11.8 Å². The number of halogens is 1. The van der Waals surface area contributed by atoms with Gasteiger partial charge in [0.2, 0.25) is 0 Å². The second-order valence-electron chi connectivity index (χ2n) is 2.57. The molecule has 0 spiro atoms. The van der Waals surface area contributed by atoms with E-state index in [1.807, 2.05) is 23.5 Å². The van der Waals surface area contributed by atoms with E-state index in [1.54, 1.807) is 0 Å². The molecular formula is C7H13ClOS2. The van der Waals surface area contributed by atoms with Gasteiger partial charge >= 0.3 is 0 Å². The lowest BCUT2D eigenvalue weighted by Crippen LogP contribution is -2.22. The molecular weight excluding hydrogens is 200 g/mol. The molecule has 1 rings (SSSR count). The van der Waals surface area contributed by atoms with Gasteiger partial charge in [-0.05, 0) is 6.92 Å². The van der Waals surface area contributed by atoms with Crippen LogP contribution in [0.4, 0.5) is 0 Å². The predicted molar refractivity (Wildman–Crippen MR) is 54.9 cm³/mol. The molecule has 1 atom stereocenters. The molecule has 1 nitrogen and oxygen atoms in total. The van der Waals surface area contributed by atoms with Crippen molar-refractivity contribution in [3.05, 3.63) is 0 Å². The van der Waals surface area contributed by atoms with Gasteiger partial charge in [-0.1, -0.05) is 0 Å². The van der Waals surface area contributed by atoms with Crippen LogP contribution in [0.5, 0.6) is 0 Å². The van der Waals surface area contributed by atoms with Crippen LogP contribution in [-0.2, 0) is 4.74 Å². The van der Waals surface area contributed by atoms with Crippen molar-refractivity contribution in [2.24, 2.45) is 0 Å². The molecule has 1 fully saturated rings. The largest absolute Gasteiger partial charge is 0.363 e. The van der Waals surface area contributed by atoms with Crippen molar-refractivity contribution in [2.45, 2.75) is 11.9 Å². The van der Waals surface area contributed by atoms with Crippen LogP contribution in [-0.4, -0.2) is 34.7 Å². The standard InChI is InChI=1S/C7H13ClOS2/c1-7(6-10-4-2-8)9-3-5-11-7/h2-6H2,1H3. The molecule has 11 heavy (non-hydrogen) atoms. The fourth-order valence-electron chi connectivity index (χ4n) is 0.952. The van der Waals surface area contributed by atoms with Crippen LogP contribution < -0.4 is 0 Å². The van der Waals surface area contributed by atoms with Crippen molar-refractivity contribution in [2.75, 3.05) is 29.7 Å². The molecule has 1 aliphatic heterocycles. The van der Waals surface area contributed by atoms with Crippen LogP contribution in [0.1, 0.15) is 6.92 Å². The summed E-state index contributed by atoms with van der Waals surface area (Å²) in [5.41, 5.74) is 0. The van der Waals surface area contributed by atoms with E-state index in [4.69, 9.17) is 16.3 Å². The normalized spacial score (nSPS) is 31.1. The Hall–Kier alpha value is 0.950. The maximum atomic E-state index is 5.59. The Morgan fingerprint density at radius 3 is 3.09 bits per heavy atom. The van der Waals surface area contributed by atoms with Gasteiger partial charge in [-0.25, -0.2) is 0 Å². The van der Waals surface area contributed by atoms with Gasteiger partial charge in [-0.3, -0.25) is 0 Å². The summed E-state index contributed by atoms with van der Waals surface area (Å²) >= 11 is 9.34. The lowest BCUT2D eigenvalue weighted by molar-refractivity contribution is 0.0842. The molecule has 0 amide bonds. The Labute approximate surface area is 81.6 Å². The fourth-order valence-corrected chi connectivity index (χ4v) is 3.34. The molecule has 4 heteroatoms. The average Bonchev–Trinajstić information content (AvgIpc) is 2.38. The summed E-state index contributed by atoms with van der Waals surface area (Å²) < 4.78 is 5.59. The fraction of sp³-hybridized carbons (Fsp3) is 1.00. The lowest BCUT2D eigenvalue weighted by atomic mass is 10.5. The minimum atomic E-state index is 0.0662. The summed E-state index contributed by atoms with van der Waals surface area (Å²) in [6, 6.07) is 0. The van der Waals surface area contributed by atoms with Crippen molar-refractivity contribution in [3.63, 3.8) is 0 Å². The Kier molecular flexibility index (Phi) is 4.42. The van der Waals surface area contributed by atoms with E-state index in [0.717, 1.165) is 29.7 Å². The summed E-state index contributed by atoms with van der Waals surface area (Å²) in [5.74, 6) is 3.97. The van der Waals surface area contributed by atoms with E-state index in [1.165, 1.54) is 0 Å². The second-order valence-corrected chi connectivity index (χ2v) is 5.62. The molecule has 0 aromatic carbocycles. The number of ether oxygens (including phenoxy) is 1.